The van der Waals surface area contributed by atoms with E-state index in [2.05, 4.69) is 4.72 Å². The normalized spacial score (nSPS) is 12.4. The third-order valence-corrected chi connectivity index (χ3v) is 3.42. The molecule has 0 aromatic heterocycles. The largest absolute Gasteiger partial charge is 0.282 e. The quantitative estimate of drug-likeness (QED) is 0.830. The number of hydrogen-bond acceptors (Lipinski definition) is 4. The molecule has 0 saturated heterocycles. The van der Waals surface area contributed by atoms with Gasteiger partial charge in [0, 0.05) is 10.7 Å². The first-order valence-corrected chi connectivity index (χ1v) is 7.92. The first-order valence-electron chi connectivity index (χ1n) is 3.71. The molecule has 0 aliphatic heterocycles. The van der Waals surface area contributed by atoms with Crippen LogP contribution in [0.1, 0.15) is 0 Å². The Hall–Kier alpha value is -0.790. The van der Waals surface area contributed by atoms with E-state index < -0.39 is 19.1 Å². The summed E-state index contributed by atoms with van der Waals surface area (Å²) in [5, 5.41) is 0. The predicted octanol–water partition coefficient (Wildman–Crippen LogP) is 0.986. The zero-order chi connectivity index (χ0) is 11.7. The number of rotatable bonds is 3. The van der Waals surface area contributed by atoms with E-state index in [1.54, 1.807) is 0 Å². The van der Waals surface area contributed by atoms with Crippen LogP contribution in [0.4, 0.5) is 5.69 Å². The second-order valence-corrected chi connectivity index (χ2v) is 7.09. The van der Waals surface area contributed by atoms with Crippen LogP contribution in [0.5, 0.6) is 0 Å². The average molecular weight is 270 g/mol. The van der Waals surface area contributed by atoms with Crippen LogP contribution in [0.25, 0.3) is 0 Å². The summed E-state index contributed by atoms with van der Waals surface area (Å²) in [7, 11) is -2.36. The number of para-hydroxylation sites is 1. The summed E-state index contributed by atoms with van der Waals surface area (Å²) in [5.74, 6) is 0. The van der Waals surface area contributed by atoms with Gasteiger partial charge in [-0.3, -0.25) is 4.72 Å². The van der Waals surface area contributed by atoms with Crippen molar-refractivity contribution >= 4 is 35.4 Å². The van der Waals surface area contributed by atoms with Gasteiger partial charge < -0.3 is 0 Å². The zero-order valence-electron chi connectivity index (χ0n) is 7.64. The van der Waals surface area contributed by atoms with Crippen molar-refractivity contribution in [2.24, 2.45) is 0 Å². The Morgan fingerprint density at radius 1 is 1.13 bits per heavy atom. The van der Waals surface area contributed by atoms with Crippen LogP contribution < -0.4 is 4.72 Å². The monoisotopic (exact) mass is 269 g/mol. The highest BCUT2D eigenvalue weighted by Gasteiger charge is 2.16. The molecule has 0 spiro atoms. The summed E-state index contributed by atoms with van der Waals surface area (Å²) in [6.45, 7) is 0. The first kappa shape index (κ1) is 12.3. The van der Waals surface area contributed by atoms with Gasteiger partial charge in [0.2, 0.25) is 10.0 Å². The number of anilines is 1. The second kappa shape index (κ2) is 3.99. The number of hydrogen-bond donors (Lipinski definition) is 1. The van der Waals surface area contributed by atoms with E-state index in [0.29, 0.717) is 0 Å². The van der Waals surface area contributed by atoms with Gasteiger partial charge in [0.05, 0.1) is 11.9 Å². The fourth-order valence-corrected chi connectivity index (χ4v) is 2.63. The highest BCUT2D eigenvalue weighted by atomic mass is 35.7. The highest BCUT2D eigenvalue weighted by Crippen LogP contribution is 2.24. The molecule has 0 radical (unpaired) electrons. The van der Waals surface area contributed by atoms with Crippen molar-refractivity contribution in [3.05, 3.63) is 24.3 Å². The van der Waals surface area contributed by atoms with Gasteiger partial charge in [0.15, 0.2) is 0 Å². The fraction of sp³-hybridized carbons (Fsp3) is 0.143. The van der Waals surface area contributed by atoms with E-state index in [0.717, 1.165) is 6.26 Å². The van der Waals surface area contributed by atoms with Gasteiger partial charge in [0.25, 0.3) is 9.05 Å². The minimum atomic E-state index is -3.96. The van der Waals surface area contributed by atoms with Crippen molar-refractivity contribution in [3.63, 3.8) is 0 Å². The standard InChI is InChI=1S/C7H8ClNO4S2/c1-14(10,11)9-6-4-2-3-5-7(6)15(8,12)13/h2-5,9H,1H3. The van der Waals surface area contributed by atoms with Crippen molar-refractivity contribution in [2.75, 3.05) is 11.0 Å². The smallest absolute Gasteiger partial charge is 0.263 e. The topological polar surface area (TPSA) is 80.3 Å². The third-order valence-electron chi connectivity index (χ3n) is 1.45. The molecule has 0 saturated carbocycles. The van der Waals surface area contributed by atoms with Gasteiger partial charge in [0.1, 0.15) is 4.90 Å². The Bertz CT molecular complexity index is 564. The number of benzene rings is 1. The molecule has 0 amide bonds. The van der Waals surface area contributed by atoms with Crippen LogP contribution in [0.2, 0.25) is 0 Å². The van der Waals surface area contributed by atoms with Crippen LogP contribution >= 0.6 is 10.7 Å². The SMILES string of the molecule is CS(=O)(=O)Nc1ccccc1S(=O)(=O)Cl. The Labute approximate surface area is 92.5 Å². The van der Waals surface area contributed by atoms with E-state index in [-0.39, 0.29) is 10.6 Å². The van der Waals surface area contributed by atoms with E-state index in [4.69, 9.17) is 10.7 Å². The summed E-state index contributed by atoms with van der Waals surface area (Å²) in [6.07, 6.45) is 0.921. The Kier molecular flexibility index (Phi) is 3.27. The summed E-state index contributed by atoms with van der Waals surface area (Å²) in [6, 6.07) is 5.48. The average Bonchev–Trinajstić information content (AvgIpc) is 1.99. The van der Waals surface area contributed by atoms with Crippen LogP contribution in [0, 0.1) is 0 Å². The summed E-state index contributed by atoms with van der Waals surface area (Å²) in [5.41, 5.74) is -0.0602. The van der Waals surface area contributed by atoms with Crippen molar-refractivity contribution in [3.8, 4) is 0 Å². The number of sulfonamides is 1. The lowest BCUT2D eigenvalue weighted by molar-refractivity contribution is 0.606. The molecule has 0 fully saturated rings. The van der Waals surface area contributed by atoms with Crippen molar-refractivity contribution in [1.82, 2.24) is 0 Å². The maximum Gasteiger partial charge on any atom is 0.263 e. The van der Waals surface area contributed by atoms with Gasteiger partial charge in [-0.25, -0.2) is 16.8 Å². The van der Waals surface area contributed by atoms with Crippen molar-refractivity contribution in [1.29, 1.82) is 0 Å². The van der Waals surface area contributed by atoms with Gasteiger partial charge in [-0.15, -0.1) is 0 Å². The molecule has 0 unspecified atom stereocenters. The van der Waals surface area contributed by atoms with E-state index >= 15 is 0 Å². The number of halogens is 1. The molecule has 1 aromatic rings. The number of nitrogens with one attached hydrogen (secondary N) is 1. The van der Waals surface area contributed by atoms with Gasteiger partial charge in [-0.05, 0) is 12.1 Å². The predicted molar refractivity (Wildman–Crippen MR) is 57.9 cm³/mol. The second-order valence-electron chi connectivity index (χ2n) is 2.81. The maximum atomic E-state index is 11.1. The van der Waals surface area contributed by atoms with Crippen LogP contribution in [0.3, 0.4) is 0 Å². The molecule has 0 heterocycles. The summed E-state index contributed by atoms with van der Waals surface area (Å²) < 4.78 is 46.1. The Morgan fingerprint density at radius 3 is 2.13 bits per heavy atom. The molecular formula is C7H8ClNO4S2. The molecule has 8 heteroatoms. The molecular weight excluding hydrogens is 262 g/mol. The zero-order valence-corrected chi connectivity index (χ0v) is 10.0. The minimum absolute atomic E-state index is 0.0602. The van der Waals surface area contributed by atoms with Crippen LogP contribution in [-0.2, 0) is 19.1 Å². The molecule has 0 aliphatic rings. The maximum absolute atomic E-state index is 11.1. The van der Waals surface area contributed by atoms with Crippen LogP contribution in [0.15, 0.2) is 29.2 Å². The first-order chi connectivity index (χ1) is 6.70. The lowest BCUT2D eigenvalue weighted by Gasteiger charge is -2.07. The van der Waals surface area contributed by atoms with Crippen LogP contribution in [-0.4, -0.2) is 23.1 Å². The van der Waals surface area contributed by atoms with E-state index in [9.17, 15) is 16.8 Å². The summed E-state index contributed by atoms with van der Waals surface area (Å²) >= 11 is 0. The lowest BCUT2D eigenvalue weighted by atomic mass is 10.3. The molecule has 15 heavy (non-hydrogen) atoms. The van der Waals surface area contributed by atoms with E-state index in [1.165, 1.54) is 24.3 Å². The fourth-order valence-electron chi connectivity index (χ4n) is 0.963. The van der Waals surface area contributed by atoms with Crippen molar-refractivity contribution in [2.45, 2.75) is 4.90 Å². The minimum Gasteiger partial charge on any atom is -0.282 e. The van der Waals surface area contributed by atoms with E-state index in [1.807, 2.05) is 0 Å². The highest BCUT2D eigenvalue weighted by molar-refractivity contribution is 8.14. The summed E-state index contributed by atoms with van der Waals surface area (Å²) in [4.78, 5) is -0.267. The molecule has 1 N–H and O–H groups in total. The van der Waals surface area contributed by atoms with Crippen molar-refractivity contribution < 1.29 is 16.8 Å². The molecule has 5 nitrogen and oxygen atoms in total. The molecule has 1 aromatic carbocycles. The Morgan fingerprint density at radius 2 is 1.67 bits per heavy atom. The van der Waals surface area contributed by atoms with Gasteiger partial charge in [-0.1, -0.05) is 12.1 Å². The third kappa shape index (κ3) is 3.69. The molecule has 84 valence electrons. The molecule has 0 aliphatic carbocycles. The van der Waals surface area contributed by atoms with Gasteiger partial charge in [-0.2, -0.15) is 0 Å². The molecule has 0 atom stereocenters. The van der Waals surface area contributed by atoms with Gasteiger partial charge >= 0.3 is 0 Å². The lowest BCUT2D eigenvalue weighted by Crippen LogP contribution is -2.11. The Balaban J connectivity index is 3.32. The molecule has 0 bridgehead atoms. The molecule has 1 rings (SSSR count).